The molecule has 21 heavy (non-hydrogen) atoms. The Morgan fingerprint density at radius 2 is 2.00 bits per heavy atom. The second-order valence-electron chi connectivity index (χ2n) is 4.63. The quantitative estimate of drug-likeness (QED) is 0.684. The minimum atomic E-state index is -0.757. The van der Waals surface area contributed by atoms with Crippen molar-refractivity contribution in [2.45, 2.75) is 6.92 Å². The first-order valence-corrected chi connectivity index (χ1v) is 6.98. The standard InChI is InChI=1S/C15H11BrF2N2O/c1-8-5-10(16)3-4-12(8)20-14-9(7-19-20)6-11(17)15(21-2)13(14)18/h3-7H,1-2H3. The number of hydrogen-bond donors (Lipinski definition) is 0. The third-order valence-electron chi connectivity index (χ3n) is 3.30. The SMILES string of the molecule is COc1c(F)cc2cnn(-c3ccc(Br)cc3C)c2c1F. The van der Waals surface area contributed by atoms with Crippen LogP contribution in [0.25, 0.3) is 16.6 Å². The van der Waals surface area contributed by atoms with Gasteiger partial charge in [0.1, 0.15) is 5.52 Å². The lowest BCUT2D eigenvalue weighted by atomic mass is 10.2. The molecule has 0 unspecified atom stereocenters. The molecule has 0 saturated heterocycles. The number of nitrogens with zero attached hydrogens (tertiary/aromatic N) is 2. The fourth-order valence-corrected chi connectivity index (χ4v) is 2.80. The fourth-order valence-electron chi connectivity index (χ4n) is 2.33. The van der Waals surface area contributed by atoms with E-state index in [1.807, 2.05) is 25.1 Å². The summed E-state index contributed by atoms with van der Waals surface area (Å²) in [5.41, 5.74) is 1.83. The Bertz CT molecular complexity index is 845. The van der Waals surface area contributed by atoms with Gasteiger partial charge in [-0.1, -0.05) is 15.9 Å². The molecule has 0 aliphatic rings. The summed E-state index contributed by atoms with van der Waals surface area (Å²) in [6, 6.07) is 6.78. The number of aromatic nitrogens is 2. The molecule has 0 bridgehead atoms. The Morgan fingerprint density at radius 1 is 1.24 bits per heavy atom. The number of ether oxygens (including phenoxy) is 1. The Kier molecular flexibility index (Phi) is 3.41. The predicted octanol–water partition coefficient (Wildman–Crippen LogP) is 4.38. The highest BCUT2D eigenvalue weighted by Crippen LogP contribution is 2.31. The van der Waals surface area contributed by atoms with Gasteiger partial charge in [0.05, 0.1) is 19.0 Å². The first-order valence-electron chi connectivity index (χ1n) is 6.19. The Hall–Kier alpha value is -1.95. The van der Waals surface area contributed by atoms with Crippen molar-refractivity contribution in [2.24, 2.45) is 0 Å². The van der Waals surface area contributed by atoms with Crippen LogP contribution >= 0.6 is 15.9 Å². The second kappa shape index (κ2) is 5.11. The molecule has 1 heterocycles. The van der Waals surface area contributed by atoms with E-state index in [1.165, 1.54) is 24.1 Å². The molecule has 2 aromatic carbocycles. The van der Waals surface area contributed by atoms with Crippen molar-refractivity contribution in [1.29, 1.82) is 0 Å². The average molecular weight is 353 g/mol. The van der Waals surface area contributed by atoms with Gasteiger partial charge in [0.25, 0.3) is 0 Å². The van der Waals surface area contributed by atoms with Gasteiger partial charge in [-0.3, -0.25) is 0 Å². The Morgan fingerprint density at radius 3 is 2.67 bits per heavy atom. The van der Waals surface area contributed by atoms with Gasteiger partial charge >= 0.3 is 0 Å². The number of aryl methyl sites for hydroxylation is 1. The predicted molar refractivity (Wildman–Crippen MR) is 80.0 cm³/mol. The maximum Gasteiger partial charge on any atom is 0.194 e. The van der Waals surface area contributed by atoms with E-state index in [-0.39, 0.29) is 5.52 Å². The minimum absolute atomic E-state index is 0.193. The molecule has 0 amide bonds. The number of methoxy groups -OCH3 is 1. The fraction of sp³-hybridized carbons (Fsp3) is 0.133. The number of rotatable bonds is 2. The van der Waals surface area contributed by atoms with E-state index >= 15 is 0 Å². The third-order valence-corrected chi connectivity index (χ3v) is 3.79. The van der Waals surface area contributed by atoms with E-state index in [2.05, 4.69) is 21.0 Å². The molecule has 3 nitrogen and oxygen atoms in total. The van der Waals surface area contributed by atoms with Gasteiger partial charge in [0.2, 0.25) is 0 Å². The summed E-state index contributed by atoms with van der Waals surface area (Å²) >= 11 is 3.38. The van der Waals surface area contributed by atoms with Gasteiger partial charge in [0.15, 0.2) is 17.4 Å². The smallest absolute Gasteiger partial charge is 0.194 e. The van der Waals surface area contributed by atoms with Crippen LogP contribution in [0.15, 0.2) is 34.9 Å². The van der Waals surface area contributed by atoms with E-state index in [0.717, 1.165) is 15.7 Å². The normalized spacial score (nSPS) is 11.1. The molecule has 6 heteroatoms. The lowest BCUT2D eigenvalue weighted by molar-refractivity contribution is 0.362. The molecule has 3 rings (SSSR count). The molecule has 0 fully saturated rings. The Balaban J connectivity index is 2.34. The van der Waals surface area contributed by atoms with Crippen molar-refractivity contribution in [2.75, 3.05) is 7.11 Å². The zero-order chi connectivity index (χ0) is 15.1. The highest BCUT2D eigenvalue weighted by atomic mass is 79.9. The van der Waals surface area contributed by atoms with Crippen molar-refractivity contribution in [3.8, 4) is 11.4 Å². The second-order valence-corrected chi connectivity index (χ2v) is 5.55. The highest BCUT2D eigenvalue weighted by Gasteiger charge is 2.19. The van der Waals surface area contributed by atoms with Crippen LogP contribution in [-0.4, -0.2) is 16.9 Å². The number of halogens is 3. The highest BCUT2D eigenvalue weighted by molar-refractivity contribution is 9.10. The molecule has 0 N–H and O–H groups in total. The summed E-state index contributed by atoms with van der Waals surface area (Å²) in [6.07, 6.45) is 1.43. The van der Waals surface area contributed by atoms with Gasteiger partial charge < -0.3 is 4.74 Å². The van der Waals surface area contributed by atoms with Gasteiger partial charge in [-0.25, -0.2) is 13.5 Å². The lowest BCUT2D eigenvalue weighted by Gasteiger charge is -2.10. The monoisotopic (exact) mass is 352 g/mol. The summed E-state index contributed by atoms with van der Waals surface area (Å²) in [4.78, 5) is 0. The van der Waals surface area contributed by atoms with Crippen molar-refractivity contribution in [1.82, 2.24) is 9.78 Å². The van der Waals surface area contributed by atoms with Crippen molar-refractivity contribution in [3.63, 3.8) is 0 Å². The van der Waals surface area contributed by atoms with Crippen LogP contribution in [0.4, 0.5) is 8.78 Å². The van der Waals surface area contributed by atoms with Crippen molar-refractivity contribution < 1.29 is 13.5 Å². The van der Waals surface area contributed by atoms with Gasteiger partial charge in [-0.05, 0) is 36.8 Å². The van der Waals surface area contributed by atoms with Crippen molar-refractivity contribution >= 4 is 26.8 Å². The summed E-state index contributed by atoms with van der Waals surface area (Å²) in [7, 11) is 1.24. The summed E-state index contributed by atoms with van der Waals surface area (Å²) in [5.74, 6) is -1.90. The molecule has 0 spiro atoms. The van der Waals surface area contributed by atoms with Crippen LogP contribution in [0, 0.1) is 18.6 Å². The van der Waals surface area contributed by atoms with Crippen LogP contribution in [0.2, 0.25) is 0 Å². The van der Waals surface area contributed by atoms with Gasteiger partial charge in [-0.2, -0.15) is 5.10 Å². The maximum absolute atomic E-state index is 14.5. The summed E-state index contributed by atoms with van der Waals surface area (Å²) in [6.45, 7) is 1.90. The average Bonchev–Trinajstić information content (AvgIpc) is 2.83. The van der Waals surface area contributed by atoms with E-state index in [0.29, 0.717) is 5.39 Å². The Labute approximate surface area is 128 Å². The molecule has 0 aliphatic carbocycles. The lowest BCUT2D eigenvalue weighted by Crippen LogP contribution is -2.02. The molecular formula is C15H11BrF2N2O. The molecule has 0 aliphatic heterocycles. The molecule has 1 aromatic heterocycles. The largest absolute Gasteiger partial charge is 0.491 e. The topological polar surface area (TPSA) is 27.1 Å². The van der Waals surface area contributed by atoms with E-state index in [1.54, 1.807) is 0 Å². The number of benzene rings is 2. The zero-order valence-electron chi connectivity index (χ0n) is 11.3. The van der Waals surface area contributed by atoms with E-state index in [9.17, 15) is 8.78 Å². The van der Waals surface area contributed by atoms with Crippen molar-refractivity contribution in [3.05, 3.63) is 52.1 Å². The van der Waals surface area contributed by atoms with Crippen LogP contribution < -0.4 is 4.74 Å². The molecule has 3 aromatic rings. The first-order chi connectivity index (χ1) is 10.0. The number of fused-ring (bicyclic) bond motifs is 1. The summed E-state index contributed by atoms with van der Waals surface area (Å²) < 4.78 is 35.4. The molecule has 108 valence electrons. The van der Waals surface area contributed by atoms with Crippen LogP contribution in [0.1, 0.15) is 5.56 Å². The van der Waals surface area contributed by atoms with Crippen LogP contribution in [0.3, 0.4) is 0 Å². The zero-order valence-corrected chi connectivity index (χ0v) is 12.9. The van der Waals surface area contributed by atoms with Gasteiger partial charge in [-0.15, -0.1) is 0 Å². The van der Waals surface area contributed by atoms with E-state index in [4.69, 9.17) is 4.74 Å². The molecule has 0 saturated carbocycles. The molecule has 0 atom stereocenters. The van der Waals surface area contributed by atoms with Gasteiger partial charge in [0, 0.05) is 9.86 Å². The molecular weight excluding hydrogens is 342 g/mol. The minimum Gasteiger partial charge on any atom is -0.491 e. The summed E-state index contributed by atoms with van der Waals surface area (Å²) in [5, 5.41) is 4.56. The number of hydrogen-bond acceptors (Lipinski definition) is 2. The first kappa shape index (κ1) is 14.0. The van der Waals surface area contributed by atoms with Crippen LogP contribution in [-0.2, 0) is 0 Å². The van der Waals surface area contributed by atoms with E-state index < -0.39 is 17.4 Å². The van der Waals surface area contributed by atoms with Crippen LogP contribution in [0.5, 0.6) is 5.75 Å². The maximum atomic E-state index is 14.5. The third kappa shape index (κ3) is 2.19. The molecule has 0 radical (unpaired) electrons.